The zero-order chi connectivity index (χ0) is 10.9. The molecule has 0 saturated heterocycles. The van der Waals surface area contributed by atoms with E-state index in [-0.39, 0.29) is 16.0 Å². The Hall–Kier alpha value is -0.360. The van der Waals surface area contributed by atoms with Crippen molar-refractivity contribution in [1.82, 2.24) is 0 Å². The summed E-state index contributed by atoms with van der Waals surface area (Å²) in [6, 6.07) is 2.11. The fraction of sp³-hybridized carbons (Fsp3) is 0.818. The molecule has 0 N–H and O–H groups in total. The van der Waals surface area contributed by atoms with Crippen LogP contribution in [0, 0.1) is 28.6 Å². The quantitative estimate of drug-likeness (QED) is 0.627. The standard InChI is InChI=1S/C11H16BrNO/c1-11(2,3)8-4-7(6-13)10(14)9(12)5-8/h7-9H,4-5H2,1-3H3. The average molecular weight is 258 g/mol. The molecule has 0 spiro atoms. The van der Waals surface area contributed by atoms with E-state index in [0.29, 0.717) is 5.92 Å². The van der Waals surface area contributed by atoms with Crippen LogP contribution in [0.15, 0.2) is 0 Å². The second-order valence-corrected chi connectivity index (χ2v) is 6.19. The van der Waals surface area contributed by atoms with Crippen LogP contribution in [0.4, 0.5) is 0 Å². The molecule has 1 aliphatic carbocycles. The molecule has 1 fully saturated rings. The smallest absolute Gasteiger partial charge is 0.163 e. The van der Waals surface area contributed by atoms with E-state index in [1.807, 2.05) is 0 Å². The largest absolute Gasteiger partial charge is 0.297 e. The van der Waals surface area contributed by atoms with Crippen LogP contribution in [0.1, 0.15) is 33.6 Å². The molecule has 3 heteroatoms. The number of rotatable bonds is 0. The predicted octanol–water partition coefficient (Wildman–Crippen LogP) is 2.91. The van der Waals surface area contributed by atoms with Crippen molar-refractivity contribution in [2.75, 3.05) is 0 Å². The molecule has 0 amide bonds. The number of ketones is 1. The lowest BCUT2D eigenvalue weighted by Crippen LogP contribution is -2.37. The van der Waals surface area contributed by atoms with E-state index < -0.39 is 5.92 Å². The molecule has 0 aliphatic heterocycles. The number of Topliss-reactive ketones (excluding diaryl/α,β-unsaturated/α-hetero) is 1. The Morgan fingerprint density at radius 2 is 2.00 bits per heavy atom. The monoisotopic (exact) mass is 257 g/mol. The maximum atomic E-state index is 11.6. The number of nitriles is 1. The summed E-state index contributed by atoms with van der Waals surface area (Å²) in [5, 5.41) is 8.87. The second kappa shape index (κ2) is 4.02. The van der Waals surface area contributed by atoms with Gasteiger partial charge in [0.25, 0.3) is 0 Å². The van der Waals surface area contributed by atoms with Gasteiger partial charge in [0, 0.05) is 0 Å². The summed E-state index contributed by atoms with van der Waals surface area (Å²) in [5.41, 5.74) is 0.182. The third kappa shape index (κ3) is 2.36. The Balaban J connectivity index is 2.79. The van der Waals surface area contributed by atoms with E-state index in [1.54, 1.807) is 0 Å². The second-order valence-electron chi connectivity index (χ2n) is 5.09. The number of carbonyl (C=O) groups is 1. The molecule has 78 valence electrons. The first-order valence-electron chi connectivity index (χ1n) is 4.93. The van der Waals surface area contributed by atoms with E-state index in [9.17, 15) is 4.79 Å². The molecule has 0 bridgehead atoms. The van der Waals surface area contributed by atoms with Gasteiger partial charge in [0.1, 0.15) is 5.92 Å². The van der Waals surface area contributed by atoms with Gasteiger partial charge in [-0.05, 0) is 24.2 Å². The zero-order valence-electron chi connectivity index (χ0n) is 8.88. The highest BCUT2D eigenvalue weighted by molar-refractivity contribution is 9.10. The summed E-state index contributed by atoms with van der Waals surface area (Å²) in [7, 11) is 0. The summed E-state index contributed by atoms with van der Waals surface area (Å²) in [5.74, 6) is 0.111. The van der Waals surface area contributed by atoms with Crippen LogP contribution < -0.4 is 0 Å². The molecule has 1 saturated carbocycles. The molecule has 3 atom stereocenters. The van der Waals surface area contributed by atoms with Gasteiger partial charge in [-0.2, -0.15) is 5.26 Å². The maximum Gasteiger partial charge on any atom is 0.163 e. The number of carbonyl (C=O) groups excluding carboxylic acids is 1. The van der Waals surface area contributed by atoms with Gasteiger partial charge in [0.15, 0.2) is 5.78 Å². The van der Waals surface area contributed by atoms with Gasteiger partial charge < -0.3 is 0 Å². The minimum atomic E-state index is -0.405. The lowest BCUT2D eigenvalue weighted by molar-refractivity contribution is -0.123. The van der Waals surface area contributed by atoms with Gasteiger partial charge in [-0.15, -0.1) is 0 Å². The molecular formula is C11H16BrNO. The molecule has 1 rings (SSSR count). The van der Waals surface area contributed by atoms with E-state index in [1.165, 1.54) is 0 Å². The molecular weight excluding hydrogens is 242 g/mol. The fourth-order valence-corrected chi connectivity index (χ4v) is 2.67. The van der Waals surface area contributed by atoms with E-state index >= 15 is 0 Å². The summed E-state index contributed by atoms with van der Waals surface area (Å²) < 4.78 is 0. The molecule has 0 aromatic rings. The van der Waals surface area contributed by atoms with Crippen molar-refractivity contribution in [2.45, 2.75) is 38.4 Å². The van der Waals surface area contributed by atoms with E-state index in [4.69, 9.17) is 5.26 Å². The van der Waals surface area contributed by atoms with Gasteiger partial charge in [0.05, 0.1) is 10.9 Å². The lowest BCUT2D eigenvalue weighted by Gasteiger charge is -2.37. The fourth-order valence-electron chi connectivity index (χ4n) is 1.90. The summed E-state index contributed by atoms with van der Waals surface area (Å²) in [4.78, 5) is 11.4. The SMILES string of the molecule is CC(C)(C)C1CC(Br)C(=O)C(C#N)C1. The number of halogens is 1. The minimum absolute atomic E-state index is 0.0630. The molecule has 2 nitrogen and oxygen atoms in total. The van der Waals surface area contributed by atoms with Crippen LogP contribution in [0.25, 0.3) is 0 Å². The summed E-state index contributed by atoms with van der Waals surface area (Å²) >= 11 is 3.37. The lowest BCUT2D eigenvalue weighted by atomic mass is 9.69. The molecule has 0 heterocycles. The highest BCUT2D eigenvalue weighted by Crippen LogP contribution is 2.40. The molecule has 0 aromatic carbocycles. The Morgan fingerprint density at radius 3 is 2.43 bits per heavy atom. The van der Waals surface area contributed by atoms with E-state index in [0.717, 1.165) is 12.8 Å². The Morgan fingerprint density at radius 1 is 1.43 bits per heavy atom. The van der Waals surface area contributed by atoms with Crippen molar-refractivity contribution in [3.8, 4) is 6.07 Å². The van der Waals surface area contributed by atoms with Crippen molar-refractivity contribution < 1.29 is 4.79 Å². The third-order valence-corrected chi connectivity index (χ3v) is 3.87. The number of nitrogens with zero attached hydrogens (tertiary/aromatic N) is 1. The van der Waals surface area contributed by atoms with Gasteiger partial charge in [-0.25, -0.2) is 0 Å². The van der Waals surface area contributed by atoms with Crippen LogP contribution in [-0.4, -0.2) is 10.6 Å². The van der Waals surface area contributed by atoms with Crippen LogP contribution in [0.2, 0.25) is 0 Å². The minimum Gasteiger partial charge on any atom is -0.297 e. The van der Waals surface area contributed by atoms with Crippen molar-refractivity contribution in [2.24, 2.45) is 17.3 Å². The van der Waals surface area contributed by atoms with Crippen LogP contribution >= 0.6 is 15.9 Å². The molecule has 14 heavy (non-hydrogen) atoms. The van der Waals surface area contributed by atoms with E-state index in [2.05, 4.69) is 42.8 Å². The van der Waals surface area contributed by atoms with Crippen LogP contribution in [0.5, 0.6) is 0 Å². The van der Waals surface area contributed by atoms with Crippen LogP contribution in [0.3, 0.4) is 0 Å². The number of hydrogen-bond donors (Lipinski definition) is 0. The Bertz CT molecular complexity index is 274. The van der Waals surface area contributed by atoms with Gasteiger partial charge >= 0.3 is 0 Å². The first kappa shape index (κ1) is 11.7. The Kier molecular flexibility index (Phi) is 3.36. The van der Waals surface area contributed by atoms with Crippen molar-refractivity contribution in [1.29, 1.82) is 5.26 Å². The zero-order valence-corrected chi connectivity index (χ0v) is 10.5. The number of alkyl halides is 1. The van der Waals surface area contributed by atoms with Crippen LogP contribution in [-0.2, 0) is 4.79 Å². The highest BCUT2D eigenvalue weighted by Gasteiger charge is 2.39. The van der Waals surface area contributed by atoms with Crippen molar-refractivity contribution in [3.05, 3.63) is 0 Å². The first-order valence-corrected chi connectivity index (χ1v) is 5.85. The van der Waals surface area contributed by atoms with Crippen molar-refractivity contribution >= 4 is 21.7 Å². The molecule has 0 aromatic heterocycles. The van der Waals surface area contributed by atoms with Crippen molar-refractivity contribution in [3.63, 3.8) is 0 Å². The normalized spacial score (nSPS) is 33.9. The third-order valence-electron chi connectivity index (χ3n) is 3.04. The molecule has 3 unspecified atom stereocenters. The van der Waals surface area contributed by atoms with Gasteiger partial charge in [-0.3, -0.25) is 4.79 Å². The highest BCUT2D eigenvalue weighted by atomic mass is 79.9. The Labute approximate surface area is 93.8 Å². The molecule has 0 radical (unpaired) electrons. The topological polar surface area (TPSA) is 40.9 Å². The predicted molar refractivity (Wildman–Crippen MR) is 59.0 cm³/mol. The number of hydrogen-bond acceptors (Lipinski definition) is 2. The average Bonchev–Trinajstić information content (AvgIpc) is 2.07. The first-order chi connectivity index (χ1) is 6.36. The maximum absolute atomic E-state index is 11.6. The summed E-state index contributed by atoms with van der Waals surface area (Å²) in [6.07, 6.45) is 1.58. The van der Waals surface area contributed by atoms with Gasteiger partial charge in [-0.1, -0.05) is 36.7 Å². The summed E-state index contributed by atoms with van der Waals surface area (Å²) in [6.45, 7) is 6.50. The van der Waals surface area contributed by atoms with Gasteiger partial charge in [0.2, 0.25) is 0 Å². The molecule has 1 aliphatic rings.